The Morgan fingerprint density at radius 2 is 2.19 bits per heavy atom. The second kappa shape index (κ2) is 3.96. The zero-order valence-corrected chi connectivity index (χ0v) is 9.31. The summed E-state index contributed by atoms with van der Waals surface area (Å²) >= 11 is 0. The van der Waals surface area contributed by atoms with Gasteiger partial charge in [0.1, 0.15) is 12.0 Å². The molecule has 0 spiro atoms. The quantitative estimate of drug-likeness (QED) is 0.843. The fourth-order valence-corrected chi connectivity index (χ4v) is 1.62. The van der Waals surface area contributed by atoms with Crippen molar-refractivity contribution in [2.45, 2.75) is 13.1 Å². The van der Waals surface area contributed by atoms with Crippen molar-refractivity contribution in [2.24, 2.45) is 7.05 Å². The van der Waals surface area contributed by atoms with Crippen molar-refractivity contribution in [3.05, 3.63) is 36.0 Å². The van der Waals surface area contributed by atoms with Crippen LogP contribution in [0.1, 0.15) is 18.7 Å². The molecule has 1 aromatic carbocycles. The van der Waals surface area contributed by atoms with E-state index in [0.29, 0.717) is 11.4 Å². The average molecular weight is 219 g/mol. The number of rotatable bonds is 2. The van der Waals surface area contributed by atoms with Gasteiger partial charge >= 0.3 is 0 Å². The SMILES string of the molecule is CC(F)c1cccc(-c2cnn(C)c2N)c1. The van der Waals surface area contributed by atoms with Gasteiger partial charge in [0, 0.05) is 12.6 Å². The molecule has 1 heterocycles. The molecular formula is C12H14FN3. The molecule has 0 fully saturated rings. The summed E-state index contributed by atoms with van der Waals surface area (Å²) in [5.41, 5.74) is 8.25. The first-order chi connectivity index (χ1) is 7.59. The van der Waals surface area contributed by atoms with Gasteiger partial charge in [-0.15, -0.1) is 0 Å². The molecule has 16 heavy (non-hydrogen) atoms. The smallest absolute Gasteiger partial charge is 0.129 e. The minimum absolute atomic E-state index is 0.587. The number of aromatic nitrogens is 2. The van der Waals surface area contributed by atoms with Gasteiger partial charge in [-0.2, -0.15) is 5.10 Å². The van der Waals surface area contributed by atoms with E-state index in [1.165, 1.54) is 6.92 Å². The Hall–Kier alpha value is -1.84. The lowest BCUT2D eigenvalue weighted by atomic mass is 10.0. The Morgan fingerprint density at radius 3 is 2.75 bits per heavy atom. The summed E-state index contributed by atoms with van der Waals surface area (Å²) in [5.74, 6) is 0.587. The van der Waals surface area contributed by atoms with E-state index < -0.39 is 6.17 Å². The molecule has 0 aliphatic carbocycles. The Labute approximate surface area is 93.7 Å². The molecule has 2 aromatic rings. The van der Waals surface area contributed by atoms with Gasteiger partial charge in [-0.25, -0.2) is 4.39 Å². The van der Waals surface area contributed by atoms with Crippen LogP contribution >= 0.6 is 0 Å². The molecular weight excluding hydrogens is 205 g/mol. The van der Waals surface area contributed by atoms with Crippen molar-refractivity contribution in [1.82, 2.24) is 9.78 Å². The summed E-state index contributed by atoms with van der Waals surface area (Å²) < 4.78 is 14.8. The molecule has 1 unspecified atom stereocenters. The summed E-state index contributed by atoms with van der Waals surface area (Å²) in [7, 11) is 1.78. The molecule has 4 heteroatoms. The monoisotopic (exact) mass is 219 g/mol. The molecule has 0 saturated heterocycles. The third-order valence-electron chi connectivity index (χ3n) is 2.64. The predicted molar refractivity (Wildman–Crippen MR) is 62.6 cm³/mol. The molecule has 2 rings (SSSR count). The van der Waals surface area contributed by atoms with E-state index in [1.54, 1.807) is 30.1 Å². The summed E-state index contributed by atoms with van der Waals surface area (Å²) in [6.07, 6.45) is 0.718. The molecule has 1 aromatic heterocycles. The number of aryl methyl sites for hydroxylation is 1. The first kappa shape index (κ1) is 10.7. The van der Waals surface area contributed by atoms with Gasteiger partial charge in [-0.3, -0.25) is 4.68 Å². The van der Waals surface area contributed by atoms with Crippen molar-refractivity contribution in [3.63, 3.8) is 0 Å². The molecule has 0 aliphatic heterocycles. The fraction of sp³-hybridized carbons (Fsp3) is 0.250. The normalized spacial score (nSPS) is 12.7. The standard InChI is InChI=1S/C12H14FN3/c1-8(13)9-4-3-5-10(6-9)11-7-15-16(2)12(11)14/h3-8H,14H2,1-2H3. The predicted octanol–water partition coefficient (Wildman–Crippen LogP) is 2.70. The molecule has 3 nitrogen and oxygen atoms in total. The number of hydrogen-bond acceptors (Lipinski definition) is 2. The largest absolute Gasteiger partial charge is 0.383 e. The fourth-order valence-electron chi connectivity index (χ4n) is 1.62. The lowest BCUT2D eigenvalue weighted by molar-refractivity contribution is 0.374. The van der Waals surface area contributed by atoms with Crippen molar-refractivity contribution >= 4 is 5.82 Å². The second-order valence-electron chi connectivity index (χ2n) is 3.81. The molecule has 0 aliphatic rings. The second-order valence-corrected chi connectivity index (χ2v) is 3.81. The molecule has 84 valence electrons. The summed E-state index contributed by atoms with van der Waals surface area (Å²) in [6, 6.07) is 7.30. The summed E-state index contributed by atoms with van der Waals surface area (Å²) in [5, 5.41) is 4.06. The number of nitrogens with two attached hydrogens (primary N) is 1. The first-order valence-corrected chi connectivity index (χ1v) is 5.11. The van der Waals surface area contributed by atoms with Gasteiger partial charge in [0.15, 0.2) is 0 Å². The zero-order chi connectivity index (χ0) is 11.7. The third-order valence-corrected chi connectivity index (χ3v) is 2.64. The summed E-state index contributed by atoms with van der Waals surface area (Å²) in [6.45, 7) is 1.52. The van der Waals surface area contributed by atoms with Crippen LogP contribution in [0.3, 0.4) is 0 Å². The number of halogens is 1. The third kappa shape index (κ3) is 1.78. The van der Waals surface area contributed by atoms with Crippen LogP contribution in [0.15, 0.2) is 30.5 Å². The van der Waals surface area contributed by atoms with Crippen molar-refractivity contribution in [3.8, 4) is 11.1 Å². The lowest BCUT2D eigenvalue weighted by Gasteiger charge is -2.05. The van der Waals surface area contributed by atoms with E-state index in [-0.39, 0.29) is 0 Å². The van der Waals surface area contributed by atoms with Crippen molar-refractivity contribution < 1.29 is 4.39 Å². The maximum absolute atomic E-state index is 13.2. The van der Waals surface area contributed by atoms with Gasteiger partial charge in [-0.1, -0.05) is 18.2 Å². The first-order valence-electron chi connectivity index (χ1n) is 5.11. The van der Waals surface area contributed by atoms with Gasteiger partial charge < -0.3 is 5.73 Å². The van der Waals surface area contributed by atoms with E-state index in [1.807, 2.05) is 12.1 Å². The van der Waals surface area contributed by atoms with Crippen molar-refractivity contribution in [2.75, 3.05) is 5.73 Å². The van der Waals surface area contributed by atoms with Crippen LogP contribution in [0.4, 0.5) is 10.2 Å². The maximum atomic E-state index is 13.2. The number of nitrogen functional groups attached to an aromatic ring is 1. The van der Waals surface area contributed by atoms with E-state index >= 15 is 0 Å². The van der Waals surface area contributed by atoms with Crippen LogP contribution in [0, 0.1) is 0 Å². The lowest BCUT2D eigenvalue weighted by Crippen LogP contribution is -1.98. The topological polar surface area (TPSA) is 43.8 Å². The Kier molecular flexibility index (Phi) is 2.64. The van der Waals surface area contributed by atoms with Crippen LogP contribution in [-0.4, -0.2) is 9.78 Å². The molecule has 0 bridgehead atoms. The number of hydrogen-bond donors (Lipinski definition) is 1. The highest BCUT2D eigenvalue weighted by atomic mass is 19.1. The van der Waals surface area contributed by atoms with Crippen LogP contribution in [0.5, 0.6) is 0 Å². The number of anilines is 1. The Balaban J connectivity index is 2.48. The minimum Gasteiger partial charge on any atom is -0.383 e. The Morgan fingerprint density at radius 1 is 1.44 bits per heavy atom. The minimum atomic E-state index is -0.974. The Bertz CT molecular complexity index is 503. The highest BCUT2D eigenvalue weighted by Gasteiger charge is 2.09. The van der Waals surface area contributed by atoms with Crippen molar-refractivity contribution in [1.29, 1.82) is 0 Å². The highest BCUT2D eigenvalue weighted by Crippen LogP contribution is 2.28. The van der Waals surface area contributed by atoms with E-state index in [0.717, 1.165) is 11.1 Å². The van der Waals surface area contributed by atoms with Gasteiger partial charge in [0.25, 0.3) is 0 Å². The highest BCUT2D eigenvalue weighted by molar-refractivity contribution is 5.73. The number of benzene rings is 1. The molecule has 2 N–H and O–H groups in total. The van der Waals surface area contributed by atoms with E-state index in [2.05, 4.69) is 5.10 Å². The molecule has 0 radical (unpaired) electrons. The van der Waals surface area contributed by atoms with Crippen LogP contribution in [-0.2, 0) is 7.05 Å². The van der Waals surface area contributed by atoms with Crippen LogP contribution < -0.4 is 5.73 Å². The zero-order valence-electron chi connectivity index (χ0n) is 9.31. The molecule has 0 saturated carbocycles. The van der Waals surface area contributed by atoms with Crippen LogP contribution in [0.2, 0.25) is 0 Å². The molecule has 0 amide bonds. The average Bonchev–Trinajstić information content (AvgIpc) is 2.60. The number of alkyl halides is 1. The van der Waals surface area contributed by atoms with Gasteiger partial charge in [0.2, 0.25) is 0 Å². The summed E-state index contributed by atoms with van der Waals surface area (Å²) in [4.78, 5) is 0. The van der Waals surface area contributed by atoms with E-state index in [9.17, 15) is 4.39 Å². The van der Waals surface area contributed by atoms with Gasteiger partial charge in [0.05, 0.1) is 6.20 Å². The van der Waals surface area contributed by atoms with E-state index in [4.69, 9.17) is 5.73 Å². The van der Waals surface area contributed by atoms with Crippen LogP contribution in [0.25, 0.3) is 11.1 Å². The van der Waals surface area contributed by atoms with Gasteiger partial charge in [-0.05, 0) is 24.1 Å². The molecule has 1 atom stereocenters. The number of nitrogens with zero attached hydrogens (tertiary/aromatic N) is 2. The maximum Gasteiger partial charge on any atom is 0.129 e.